The first-order valence-electron chi connectivity index (χ1n) is 7.32. The molecule has 1 heterocycles. The molecule has 0 bridgehead atoms. The van der Waals surface area contributed by atoms with Gasteiger partial charge in [0.25, 0.3) is 0 Å². The van der Waals surface area contributed by atoms with Gasteiger partial charge in [0, 0.05) is 18.4 Å². The fourth-order valence-corrected chi connectivity index (χ4v) is 2.91. The lowest BCUT2D eigenvalue weighted by Gasteiger charge is -2.28. The van der Waals surface area contributed by atoms with Gasteiger partial charge in [0.1, 0.15) is 0 Å². The second-order valence-electron chi connectivity index (χ2n) is 5.50. The van der Waals surface area contributed by atoms with Crippen molar-refractivity contribution in [3.8, 4) is 5.69 Å². The molecule has 0 saturated heterocycles. The summed E-state index contributed by atoms with van der Waals surface area (Å²) in [6, 6.07) is 10.3. The van der Waals surface area contributed by atoms with Crippen molar-refractivity contribution < 1.29 is 9.90 Å². The molecule has 110 valence electrons. The summed E-state index contributed by atoms with van der Waals surface area (Å²) < 4.78 is 1.84. The van der Waals surface area contributed by atoms with Crippen molar-refractivity contribution in [2.24, 2.45) is 5.92 Å². The fraction of sp³-hybridized carbons (Fsp3) is 0.375. The molecule has 5 heteroatoms. The van der Waals surface area contributed by atoms with Gasteiger partial charge in [0.05, 0.1) is 17.3 Å². The lowest BCUT2D eigenvalue weighted by molar-refractivity contribution is -0.142. The average molecular weight is 285 g/mol. The maximum atomic E-state index is 11.0. The highest BCUT2D eigenvalue weighted by atomic mass is 16.4. The molecule has 0 aliphatic heterocycles. The Hall–Kier alpha value is -2.30. The Morgan fingerprint density at radius 1 is 1.19 bits per heavy atom. The molecule has 0 atom stereocenters. The van der Waals surface area contributed by atoms with Crippen molar-refractivity contribution in [2.75, 3.05) is 5.32 Å². The normalized spacial score (nSPS) is 21.9. The third-order valence-corrected chi connectivity index (χ3v) is 4.09. The molecule has 1 aromatic carbocycles. The summed E-state index contributed by atoms with van der Waals surface area (Å²) in [6.07, 6.45) is 6.96. The molecule has 1 aliphatic rings. The Kier molecular flexibility index (Phi) is 3.90. The average Bonchev–Trinajstić information content (AvgIpc) is 3.02. The van der Waals surface area contributed by atoms with Gasteiger partial charge in [-0.15, -0.1) is 0 Å². The number of carbonyl (C=O) groups is 1. The summed E-state index contributed by atoms with van der Waals surface area (Å²) >= 11 is 0. The molecule has 1 fully saturated rings. The Morgan fingerprint density at radius 3 is 2.62 bits per heavy atom. The molecule has 0 unspecified atom stereocenters. The Labute approximate surface area is 123 Å². The zero-order chi connectivity index (χ0) is 14.7. The molecule has 21 heavy (non-hydrogen) atoms. The number of hydrogen-bond donors (Lipinski definition) is 2. The van der Waals surface area contributed by atoms with E-state index in [1.807, 2.05) is 41.2 Å². The first-order valence-corrected chi connectivity index (χ1v) is 7.32. The summed E-state index contributed by atoms with van der Waals surface area (Å²) in [4.78, 5) is 11.0. The maximum absolute atomic E-state index is 11.0. The molecular weight excluding hydrogens is 266 g/mol. The van der Waals surface area contributed by atoms with E-state index in [1.54, 1.807) is 6.20 Å². The van der Waals surface area contributed by atoms with E-state index in [4.69, 9.17) is 5.11 Å². The SMILES string of the molecule is O=C(O)C1CCC(Nc2ccccc2-n2cccn2)CC1. The van der Waals surface area contributed by atoms with E-state index >= 15 is 0 Å². The first-order chi connectivity index (χ1) is 10.2. The van der Waals surface area contributed by atoms with Gasteiger partial charge in [0.15, 0.2) is 0 Å². The predicted octanol–water partition coefficient (Wildman–Crippen LogP) is 2.93. The Morgan fingerprint density at radius 2 is 1.95 bits per heavy atom. The maximum Gasteiger partial charge on any atom is 0.306 e. The number of nitrogens with zero attached hydrogens (tertiary/aromatic N) is 2. The third-order valence-electron chi connectivity index (χ3n) is 4.09. The van der Waals surface area contributed by atoms with Crippen LogP contribution in [0.25, 0.3) is 5.69 Å². The van der Waals surface area contributed by atoms with Crippen LogP contribution in [0.1, 0.15) is 25.7 Å². The van der Waals surface area contributed by atoms with Crippen LogP contribution < -0.4 is 5.32 Å². The Bertz CT molecular complexity index is 602. The number of rotatable bonds is 4. The Balaban J connectivity index is 1.70. The number of para-hydroxylation sites is 2. The minimum absolute atomic E-state index is 0.176. The van der Waals surface area contributed by atoms with Gasteiger partial charge in [-0.1, -0.05) is 12.1 Å². The van der Waals surface area contributed by atoms with E-state index in [0.29, 0.717) is 6.04 Å². The first kappa shape index (κ1) is 13.7. The number of hydrogen-bond acceptors (Lipinski definition) is 3. The number of carboxylic acid groups (broad SMARTS) is 1. The summed E-state index contributed by atoms with van der Waals surface area (Å²) in [5.41, 5.74) is 2.06. The van der Waals surface area contributed by atoms with Crippen LogP contribution in [0.4, 0.5) is 5.69 Å². The zero-order valence-corrected chi connectivity index (χ0v) is 11.8. The van der Waals surface area contributed by atoms with Crippen LogP contribution in [0.15, 0.2) is 42.7 Å². The van der Waals surface area contributed by atoms with Crippen molar-refractivity contribution >= 4 is 11.7 Å². The zero-order valence-electron chi connectivity index (χ0n) is 11.8. The summed E-state index contributed by atoms with van der Waals surface area (Å²) in [5, 5.41) is 16.9. The van der Waals surface area contributed by atoms with Crippen molar-refractivity contribution in [3.63, 3.8) is 0 Å². The molecule has 0 amide bonds. The van der Waals surface area contributed by atoms with Crippen molar-refractivity contribution in [2.45, 2.75) is 31.7 Å². The van der Waals surface area contributed by atoms with Crippen LogP contribution in [0.5, 0.6) is 0 Å². The van der Waals surface area contributed by atoms with Crippen LogP contribution in [0, 0.1) is 5.92 Å². The predicted molar refractivity (Wildman–Crippen MR) is 80.6 cm³/mol. The monoisotopic (exact) mass is 285 g/mol. The van der Waals surface area contributed by atoms with Gasteiger partial charge in [-0.2, -0.15) is 5.10 Å². The molecule has 3 rings (SSSR count). The fourth-order valence-electron chi connectivity index (χ4n) is 2.91. The van der Waals surface area contributed by atoms with Gasteiger partial charge in [-0.05, 0) is 43.9 Å². The molecule has 0 spiro atoms. The quantitative estimate of drug-likeness (QED) is 0.906. The highest BCUT2D eigenvalue weighted by Crippen LogP contribution is 2.28. The smallest absolute Gasteiger partial charge is 0.306 e. The van der Waals surface area contributed by atoms with E-state index in [-0.39, 0.29) is 5.92 Å². The van der Waals surface area contributed by atoms with Crippen molar-refractivity contribution in [1.82, 2.24) is 9.78 Å². The van der Waals surface area contributed by atoms with Gasteiger partial charge >= 0.3 is 5.97 Å². The molecule has 2 N–H and O–H groups in total. The molecule has 5 nitrogen and oxygen atoms in total. The van der Waals surface area contributed by atoms with Crippen LogP contribution in [-0.2, 0) is 4.79 Å². The molecule has 1 saturated carbocycles. The van der Waals surface area contributed by atoms with Crippen LogP contribution >= 0.6 is 0 Å². The molecule has 0 radical (unpaired) electrons. The van der Waals surface area contributed by atoms with E-state index in [9.17, 15) is 4.79 Å². The third kappa shape index (κ3) is 3.07. The van der Waals surface area contributed by atoms with E-state index < -0.39 is 5.97 Å². The molecule has 1 aromatic heterocycles. The number of carboxylic acids is 1. The number of benzene rings is 1. The number of aliphatic carboxylic acids is 1. The lowest BCUT2D eigenvalue weighted by atomic mass is 9.86. The van der Waals surface area contributed by atoms with Crippen molar-refractivity contribution in [1.29, 1.82) is 0 Å². The highest BCUT2D eigenvalue weighted by molar-refractivity contribution is 5.70. The number of aromatic nitrogens is 2. The van der Waals surface area contributed by atoms with E-state index in [2.05, 4.69) is 10.4 Å². The van der Waals surface area contributed by atoms with E-state index in [0.717, 1.165) is 37.1 Å². The second kappa shape index (κ2) is 5.99. The van der Waals surface area contributed by atoms with Crippen LogP contribution in [0.2, 0.25) is 0 Å². The van der Waals surface area contributed by atoms with Crippen LogP contribution in [-0.4, -0.2) is 26.9 Å². The lowest BCUT2D eigenvalue weighted by Crippen LogP contribution is -2.29. The van der Waals surface area contributed by atoms with Crippen molar-refractivity contribution in [3.05, 3.63) is 42.7 Å². The molecule has 2 aromatic rings. The summed E-state index contributed by atoms with van der Waals surface area (Å²) in [5.74, 6) is -0.838. The minimum Gasteiger partial charge on any atom is -0.481 e. The number of nitrogens with one attached hydrogen (secondary N) is 1. The molecular formula is C16H19N3O2. The van der Waals surface area contributed by atoms with Gasteiger partial charge in [-0.3, -0.25) is 4.79 Å². The van der Waals surface area contributed by atoms with Gasteiger partial charge in [-0.25, -0.2) is 4.68 Å². The summed E-state index contributed by atoms with van der Waals surface area (Å²) in [7, 11) is 0. The summed E-state index contributed by atoms with van der Waals surface area (Å²) in [6.45, 7) is 0. The van der Waals surface area contributed by atoms with Gasteiger partial charge < -0.3 is 10.4 Å². The second-order valence-corrected chi connectivity index (χ2v) is 5.50. The number of anilines is 1. The standard InChI is InChI=1S/C16H19N3O2/c20-16(21)12-6-8-13(9-7-12)18-14-4-1-2-5-15(14)19-11-3-10-17-19/h1-5,10-13,18H,6-9H2,(H,20,21). The largest absolute Gasteiger partial charge is 0.481 e. The highest BCUT2D eigenvalue weighted by Gasteiger charge is 2.26. The topological polar surface area (TPSA) is 67.2 Å². The van der Waals surface area contributed by atoms with E-state index in [1.165, 1.54) is 0 Å². The van der Waals surface area contributed by atoms with Crippen LogP contribution in [0.3, 0.4) is 0 Å². The molecule has 1 aliphatic carbocycles. The van der Waals surface area contributed by atoms with Gasteiger partial charge in [0.2, 0.25) is 0 Å². The minimum atomic E-state index is -0.662.